The second-order valence-corrected chi connectivity index (χ2v) is 3.08. The highest BCUT2D eigenvalue weighted by Crippen LogP contribution is 2.12. The van der Waals surface area contributed by atoms with Gasteiger partial charge < -0.3 is 0 Å². The molecule has 2 aromatic carbocycles. The molecular weight excluding hydrogens is 143 g/mol. The lowest BCUT2D eigenvalue weighted by Gasteiger charge is -2.03. The van der Waals surface area contributed by atoms with Crippen LogP contribution in [-0.2, 0) is 0 Å². The first-order valence-electron chi connectivity index (χ1n) is 4.02. The van der Waals surface area contributed by atoms with E-state index in [-0.39, 0.29) is 0 Å². The van der Waals surface area contributed by atoms with E-state index in [1.807, 2.05) is 24.3 Å². The number of hydrogen-bond donors (Lipinski definition) is 0. The third-order valence-corrected chi connectivity index (χ3v) is 2.04. The van der Waals surface area contributed by atoms with Crippen LogP contribution < -0.4 is 5.46 Å². The van der Waals surface area contributed by atoms with Crippen molar-refractivity contribution in [3.63, 3.8) is 0 Å². The lowest BCUT2D eigenvalue weighted by Crippen LogP contribution is -2.03. The molecule has 0 heterocycles. The molecule has 56 valence electrons. The molecule has 0 nitrogen and oxygen atoms in total. The normalized spacial score (nSPS) is 10.4. The van der Waals surface area contributed by atoms with Crippen LogP contribution in [0.3, 0.4) is 0 Å². The van der Waals surface area contributed by atoms with Crippen LogP contribution >= 0.6 is 0 Å². The molecule has 0 saturated heterocycles. The summed E-state index contributed by atoms with van der Waals surface area (Å²) in [5, 5.41) is 2.36. The third-order valence-electron chi connectivity index (χ3n) is 2.04. The fourth-order valence-corrected chi connectivity index (χ4v) is 1.50. The summed E-state index contributed by atoms with van der Waals surface area (Å²) in [6, 6.07) is 12.3. The van der Waals surface area contributed by atoms with Gasteiger partial charge in [-0.25, -0.2) is 0 Å². The Morgan fingerprint density at radius 2 is 1.83 bits per heavy atom. The van der Waals surface area contributed by atoms with Crippen LogP contribution in [0.15, 0.2) is 36.4 Å². The van der Waals surface area contributed by atoms with Crippen LogP contribution in [0, 0.1) is 6.92 Å². The van der Waals surface area contributed by atoms with E-state index >= 15 is 0 Å². The van der Waals surface area contributed by atoms with Gasteiger partial charge in [0.2, 0.25) is 0 Å². The molecule has 12 heavy (non-hydrogen) atoms. The number of rotatable bonds is 0. The zero-order valence-corrected chi connectivity index (χ0v) is 7.04. The van der Waals surface area contributed by atoms with Gasteiger partial charge >= 0.3 is 0 Å². The lowest BCUT2D eigenvalue weighted by molar-refractivity contribution is 1.52. The Balaban J connectivity index is 2.89. The van der Waals surface area contributed by atoms with Crippen molar-refractivity contribution in [3.05, 3.63) is 42.0 Å². The first-order chi connectivity index (χ1) is 5.77. The van der Waals surface area contributed by atoms with E-state index in [4.69, 9.17) is 7.85 Å². The molecule has 2 aromatic rings. The molecule has 0 bridgehead atoms. The molecular formula is C11H9B. The van der Waals surface area contributed by atoms with E-state index in [1.165, 1.54) is 10.9 Å². The maximum absolute atomic E-state index is 5.86. The number of benzene rings is 2. The fourth-order valence-electron chi connectivity index (χ4n) is 1.50. The van der Waals surface area contributed by atoms with Crippen LogP contribution in [0.5, 0.6) is 0 Å². The topological polar surface area (TPSA) is 0 Å². The molecule has 0 aliphatic carbocycles. The average Bonchev–Trinajstić information content (AvgIpc) is 2.04. The van der Waals surface area contributed by atoms with Gasteiger partial charge in [0.25, 0.3) is 0 Å². The molecule has 0 saturated carbocycles. The van der Waals surface area contributed by atoms with Crippen molar-refractivity contribution >= 4 is 24.1 Å². The molecule has 1 heteroatoms. The maximum Gasteiger partial charge on any atom is 0.114 e. The van der Waals surface area contributed by atoms with Crippen molar-refractivity contribution in [2.45, 2.75) is 6.92 Å². The minimum atomic E-state index is 0.866. The molecule has 0 fully saturated rings. The molecule has 0 atom stereocenters. The van der Waals surface area contributed by atoms with Crippen LogP contribution in [0.2, 0.25) is 0 Å². The van der Waals surface area contributed by atoms with E-state index in [0.29, 0.717) is 0 Å². The number of fused-ring (bicyclic) bond motifs is 1. The van der Waals surface area contributed by atoms with Crippen molar-refractivity contribution in [2.24, 2.45) is 0 Å². The maximum atomic E-state index is 5.86. The molecule has 0 spiro atoms. The number of hydrogen-bond acceptors (Lipinski definition) is 0. The van der Waals surface area contributed by atoms with Crippen LogP contribution in [0.1, 0.15) is 5.56 Å². The van der Waals surface area contributed by atoms with Crippen LogP contribution in [0.25, 0.3) is 10.8 Å². The Hall–Kier alpha value is -1.24. The molecule has 2 radical (unpaired) electrons. The van der Waals surface area contributed by atoms with Crippen LogP contribution in [0.4, 0.5) is 0 Å². The average molecular weight is 152 g/mol. The second-order valence-electron chi connectivity index (χ2n) is 3.08. The van der Waals surface area contributed by atoms with E-state index < -0.39 is 0 Å². The van der Waals surface area contributed by atoms with Gasteiger partial charge in [0.1, 0.15) is 7.85 Å². The fraction of sp³-hybridized carbons (Fsp3) is 0.0909. The zero-order chi connectivity index (χ0) is 8.55. The quantitative estimate of drug-likeness (QED) is 0.506. The molecule has 0 aromatic heterocycles. The van der Waals surface area contributed by atoms with Gasteiger partial charge in [0, 0.05) is 0 Å². The highest BCUT2D eigenvalue weighted by atomic mass is 14.0. The van der Waals surface area contributed by atoms with Crippen molar-refractivity contribution in [1.29, 1.82) is 0 Å². The monoisotopic (exact) mass is 152 g/mol. The summed E-state index contributed by atoms with van der Waals surface area (Å²) in [7, 11) is 5.86. The van der Waals surface area contributed by atoms with Gasteiger partial charge in [-0.2, -0.15) is 0 Å². The van der Waals surface area contributed by atoms with Gasteiger partial charge in [-0.3, -0.25) is 0 Å². The van der Waals surface area contributed by atoms with Crippen molar-refractivity contribution in [3.8, 4) is 0 Å². The van der Waals surface area contributed by atoms with E-state index in [2.05, 4.69) is 19.1 Å². The first-order valence-corrected chi connectivity index (χ1v) is 4.02. The first kappa shape index (κ1) is 7.42. The summed E-state index contributed by atoms with van der Waals surface area (Å²) in [4.78, 5) is 0. The highest BCUT2D eigenvalue weighted by Gasteiger charge is 1.95. The zero-order valence-electron chi connectivity index (χ0n) is 7.04. The minimum Gasteiger partial charge on any atom is -0.0887 e. The summed E-state index contributed by atoms with van der Waals surface area (Å²) in [6.45, 7) is 2.06. The summed E-state index contributed by atoms with van der Waals surface area (Å²) in [6.07, 6.45) is 0. The molecule has 0 aliphatic rings. The van der Waals surface area contributed by atoms with Gasteiger partial charge in [-0.15, -0.1) is 0 Å². The highest BCUT2D eigenvalue weighted by molar-refractivity contribution is 6.38. The molecule has 2 rings (SSSR count). The van der Waals surface area contributed by atoms with Gasteiger partial charge in [-0.05, 0) is 17.7 Å². The summed E-state index contributed by atoms with van der Waals surface area (Å²) < 4.78 is 0. The largest absolute Gasteiger partial charge is 0.114 e. The lowest BCUT2D eigenvalue weighted by atomic mass is 9.88. The van der Waals surface area contributed by atoms with Gasteiger partial charge in [0.15, 0.2) is 0 Å². The summed E-state index contributed by atoms with van der Waals surface area (Å²) in [5.41, 5.74) is 2.08. The summed E-state index contributed by atoms with van der Waals surface area (Å²) in [5.74, 6) is 0. The Kier molecular flexibility index (Phi) is 1.65. The molecule has 0 N–H and O–H groups in total. The Morgan fingerprint density at radius 1 is 1.08 bits per heavy atom. The Bertz CT molecular complexity index is 418. The third kappa shape index (κ3) is 1.12. The van der Waals surface area contributed by atoms with E-state index in [0.717, 1.165) is 10.8 Å². The summed E-state index contributed by atoms with van der Waals surface area (Å²) >= 11 is 0. The van der Waals surface area contributed by atoms with Gasteiger partial charge in [0.05, 0.1) is 0 Å². The van der Waals surface area contributed by atoms with Crippen molar-refractivity contribution < 1.29 is 0 Å². The smallest absolute Gasteiger partial charge is 0.0887 e. The molecule has 0 unspecified atom stereocenters. The van der Waals surface area contributed by atoms with E-state index in [9.17, 15) is 0 Å². The standard InChI is InChI=1S/C11H9B/c1-8-6-9-4-2-3-5-10(9)11(12)7-8/h2-7H,1H3. The SMILES string of the molecule is [B]c1cc(C)cc2ccccc12. The van der Waals surface area contributed by atoms with Gasteiger partial charge in [-0.1, -0.05) is 47.4 Å². The predicted octanol–water partition coefficient (Wildman–Crippen LogP) is 1.94. The number of aryl methyl sites for hydroxylation is 1. The van der Waals surface area contributed by atoms with Crippen LogP contribution in [-0.4, -0.2) is 7.85 Å². The Labute approximate surface area is 73.6 Å². The van der Waals surface area contributed by atoms with Crippen molar-refractivity contribution in [1.82, 2.24) is 0 Å². The Morgan fingerprint density at radius 3 is 2.67 bits per heavy atom. The predicted molar refractivity (Wildman–Crippen MR) is 54.1 cm³/mol. The molecule has 0 amide bonds. The second kappa shape index (κ2) is 2.67. The molecule has 0 aliphatic heterocycles. The minimum absolute atomic E-state index is 0.866. The van der Waals surface area contributed by atoms with E-state index in [1.54, 1.807) is 0 Å². The van der Waals surface area contributed by atoms with Crippen molar-refractivity contribution in [2.75, 3.05) is 0 Å².